The maximum absolute atomic E-state index is 13.5. The van der Waals surface area contributed by atoms with Gasteiger partial charge in [-0.1, -0.05) is 5.16 Å². The zero-order valence-corrected chi connectivity index (χ0v) is 10.9. The third-order valence-electron chi connectivity index (χ3n) is 3.20. The molecule has 108 valence electrons. The van der Waals surface area contributed by atoms with Gasteiger partial charge in [0.1, 0.15) is 5.82 Å². The minimum absolute atomic E-state index is 0.0377. The first-order valence-electron chi connectivity index (χ1n) is 6.38. The minimum Gasteiger partial charge on any atom is -0.409 e. The van der Waals surface area contributed by atoms with Crippen LogP contribution in [-0.4, -0.2) is 29.5 Å². The van der Waals surface area contributed by atoms with E-state index in [1.807, 2.05) is 0 Å². The highest BCUT2D eigenvalue weighted by Gasteiger charge is 2.21. The number of rotatable bonds is 4. The fourth-order valence-electron chi connectivity index (χ4n) is 2.17. The van der Waals surface area contributed by atoms with Crippen molar-refractivity contribution in [1.82, 2.24) is 10.6 Å². The molecule has 0 radical (unpaired) electrons. The average Bonchev–Trinajstić information content (AvgIpc) is 2.45. The lowest BCUT2D eigenvalue weighted by atomic mass is 10.1. The van der Waals surface area contributed by atoms with Gasteiger partial charge in [-0.15, -0.1) is 0 Å². The zero-order chi connectivity index (χ0) is 14.5. The number of carbonyl (C=O) groups is 1. The SMILES string of the molecule is N/C(=N/O)c1cc(F)cc(CNC2CCCNC2=O)c1. The zero-order valence-electron chi connectivity index (χ0n) is 10.9. The van der Waals surface area contributed by atoms with Crippen molar-refractivity contribution >= 4 is 11.7 Å². The Morgan fingerprint density at radius 1 is 1.55 bits per heavy atom. The van der Waals surface area contributed by atoms with Crippen molar-refractivity contribution in [3.05, 3.63) is 35.1 Å². The molecule has 2 rings (SSSR count). The second kappa shape index (κ2) is 6.33. The molecular formula is C13H17FN4O2. The molecule has 1 fully saturated rings. The summed E-state index contributed by atoms with van der Waals surface area (Å²) in [4.78, 5) is 11.6. The van der Waals surface area contributed by atoms with E-state index < -0.39 is 5.82 Å². The number of carbonyl (C=O) groups excluding carboxylic acids is 1. The van der Waals surface area contributed by atoms with Crippen LogP contribution in [0.4, 0.5) is 4.39 Å². The Hall–Kier alpha value is -2.15. The van der Waals surface area contributed by atoms with Crippen LogP contribution in [0.25, 0.3) is 0 Å². The number of halogens is 1. The Bertz CT molecular complexity index is 533. The topological polar surface area (TPSA) is 99.7 Å². The molecule has 1 saturated heterocycles. The molecule has 1 aromatic carbocycles. The van der Waals surface area contributed by atoms with E-state index >= 15 is 0 Å². The number of oxime groups is 1. The van der Waals surface area contributed by atoms with E-state index in [1.165, 1.54) is 12.1 Å². The molecule has 1 aliphatic heterocycles. The molecule has 20 heavy (non-hydrogen) atoms. The highest BCUT2D eigenvalue weighted by atomic mass is 19.1. The number of benzene rings is 1. The van der Waals surface area contributed by atoms with Gasteiger partial charge >= 0.3 is 0 Å². The summed E-state index contributed by atoms with van der Waals surface area (Å²) >= 11 is 0. The maximum Gasteiger partial charge on any atom is 0.237 e. The fourth-order valence-corrected chi connectivity index (χ4v) is 2.17. The third-order valence-corrected chi connectivity index (χ3v) is 3.20. The standard InChI is InChI=1S/C13H17FN4O2/c14-10-5-8(4-9(6-10)12(15)18-20)7-17-11-2-1-3-16-13(11)19/h4-6,11,17,20H,1-3,7H2,(H2,15,18)(H,16,19). The summed E-state index contributed by atoms with van der Waals surface area (Å²) in [6.07, 6.45) is 1.68. The first kappa shape index (κ1) is 14.3. The van der Waals surface area contributed by atoms with Crippen molar-refractivity contribution in [2.24, 2.45) is 10.9 Å². The van der Waals surface area contributed by atoms with Gasteiger partial charge in [0, 0.05) is 18.7 Å². The number of hydrogen-bond acceptors (Lipinski definition) is 4. The van der Waals surface area contributed by atoms with Crippen molar-refractivity contribution in [3.63, 3.8) is 0 Å². The average molecular weight is 280 g/mol. The van der Waals surface area contributed by atoms with Gasteiger partial charge < -0.3 is 21.6 Å². The lowest BCUT2D eigenvalue weighted by Gasteiger charge is -2.23. The molecule has 1 aliphatic rings. The Balaban J connectivity index is 2.05. The highest BCUT2D eigenvalue weighted by Crippen LogP contribution is 2.11. The van der Waals surface area contributed by atoms with Crippen molar-refractivity contribution in [2.45, 2.75) is 25.4 Å². The van der Waals surface area contributed by atoms with Crippen molar-refractivity contribution < 1.29 is 14.4 Å². The summed E-state index contributed by atoms with van der Waals surface area (Å²) in [6, 6.07) is 3.89. The maximum atomic E-state index is 13.5. The fraction of sp³-hybridized carbons (Fsp3) is 0.385. The number of piperidine rings is 1. The Kier molecular flexibility index (Phi) is 4.52. The van der Waals surface area contributed by atoms with E-state index in [0.717, 1.165) is 12.8 Å². The van der Waals surface area contributed by atoms with Crippen LogP contribution >= 0.6 is 0 Å². The summed E-state index contributed by atoms with van der Waals surface area (Å²) in [6.45, 7) is 1.03. The number of amidine groups is 1. The van der Waals surface area contributed by atoms with Gasteiger partial charge in [-0.25, -0.2) is 4.39 Å². The molecule has 7 heteroatoms. The molecule has 0 spiro atoms. The van der Waals surface area contributed by atoms with E-state index in [2.05, 4.69) is 15.8 Å². The van der Waals surface area contributed by atoms with Crippen LogP contribution < -0.4 is 16.4 Å². The van der Waals surface area contributed by atoms with Crippen LogP contribution in [0.3, 0.4) is 0 Å². The van der Waals surface area contributed by atoms with Gasteiger partial charge in [0.05, 0.1) is 6.04 Å². The molecule has 1 aromatic rings. The van der Waals surface area contributed by atoms with Crippen LogP contribution in [0.1, 0.15) is 24.0 Å². The predicted molar refractivity (Wildman–Crippen MR) is 71.8 cm³/mol. The summed E-state index contributed by atoms with van der Waals surface area (Å²) in [5.41, 5.74) is 6.37. The van der Waals surface area contributed by atoms with Gasteiger partial charge in [-0.05, 0) is 36.6 Å². The van der Waals surface area contributed by atoms with E-state index in [9.17, 15) is 9.18 Å². The van der Waals surface area contributed by atoms with E-state index in [0.29, 0.717) is 24.2 Å². The second-order valence-corrected chi connectivity index (χ2v) is 4.70. The molecule has 0 aromatic heterocycles. The summed E-state index contributed by atoms with van der Waals surface area (Å²) in [5.74, 6) is -0.663. The normalized spacial score (nSPS) is 19.8. The molecule has 5 N–H and O–H groups in total. The second-order valence-electron chi connectivity index (χ2n) is 4.70. The monoisotopic (exact) mass is 280 g/mol. The summed E-state index contributed by atoms with van der Waals surface area (Å²) < 4.78 is 13.5. The number of nitrogens with one attached hydrogen (secondary N) is 2. The van der Waals surface area contributed by atoms with Crippen LogP contribution in [0.5, 0.6) is 0 Å². The molecule has 6 nitrogen and oxygen atoms in total. The quantitative estimate of drug-likeness (QED) is 0.276. The van der Waals surface area contributed by atoms with E-state index in [-0.39, 0.29) is 17.8 Å². The van der Waals surface area contributed by atoms with E-state index in [1.54, 1.807) is 6.07 Å². The molecule has 1 heterocycles. The first-order valence-corrected chi connectivity index (χ1v) is 6.38. The largest absolute Gasteiger partial charge is 0.409 e. The Labute approximate surface area is 115 Å². The van der Waals surface area contributed by atoms with Gasteiger partial charge in [-0.2, -0.15) is 0 Å². The lowest BCUT2D eigenvalue weighted by molar-refractivity contribution is -0.124. The third kappa shape index (κ3) is 3.45. The number of hydrogen-bond donors (Lipinski definition) is 4. The molecule has 1 atom stereocenters. The van der Waals surface area contributed by atoms with Gasteiger partial charge in [0.15, 0.2) is 5.84 Å². The van der Waals surface area contributed by atoms with Crippen LogP contribution in [0.15, 0.2) is 23.4 Å². The van der Waals surface area contributed by atoms with Crippen molar-refractivity contribution in [1.29, 1.82) is 0 Å². The van der Waals surface area contributed by atoms with Crippen LogP contribution in [-0.2, 0) is 11.3 Å². The molecule has 0 bridgehead atoms. The van der Waals surface area contributed by atoms with E-state index in [4.69, 9.17) is 10.9 Å². The highest BCUT2D eigenvalue weighted by molar-refractivity contribution is 5.97. The van der Waals surface area contributed by atoms with Crippen molar-refractivity contribution in [3.8, 4) is 0 Å². The minimum atomic E-state index is -0.473. The smallest absolute Gasteiger partial charge is 0.237 e. The summed E-state index contributed by atoms with van der Waals surface area (Å²) in [7, 11) is 0. The van der Waals surface area contributed by atoms with Crippen molar-refractivity contribution in [2.75, 3.05) is 6.54 Å². The number of nitrogens with zero attached hydrogens (tertiary/aromatic N) is 1. The number of nitrogens with two attached hydrogens (primary N) is 1. The Morgan fingerprint density at radius 2 is 2.35 bits per heavy atom. The number of amides is 1. The summed E-state index contributed by atoms with van der Waals surface area (Å²) in [5, 5.41) is 17.3. The molecule has 1 amide bonds. The molecule has 1 unspecified atom stereocenters. The van der Waals surface area contributed by atoms with Gasteiger partial charge in [-0.3, -0.25) is 4.79 Å². The van der Waals surface area contributed by atoms with Crippen LogP contribution in [0.2, 0.25) is 0 Å². The first-order chi connectivity index (χ1) is 9.60. The van der Waals surface area contributed by atoms with Gasteiger partial charge in [0.25, 0.3) is 0 Å². The molecular weight excluding hydrogens is 263 g/mol. The molecule has 0 aliphatic carbocycles. The predicted octanol–water partition coefficient (Wildman–Crippen LogP) is 0.288. The molecule has 0 saturated carbocycles. The lowest BCUT2D eigenvalue weighted by Crippen LogP contribution is -2.47. The Morgan fingerprint density at radius 3 is 3.05 bits per heavy atom. The van der Waals surface area contributed by atoms with Gasteiger partial charge in [0.2, 0.25) is 5.91 Å². The van der Waals surface area contributed by atoms with Crippen LogP contribution in [0, 0.1) is 5.82 Å².